The Balaban J connectivity index is 1.19. The molecule has 2 unspecified atom stereocenters. The second-order valence-electron chi connectivity index (χ2n) is 11.2. The maximum absolute atomic E-state index is 13.6. The first-order chi connectivity index (χ1) is 19.7. The van der Waals surface area contributed by atoms with Crippen molar-refractivity contribution in [2.75, 3.05) is 26.2 Å². The number of fused-ring (bicyclic) bond motifs is 3. The third-order valence-corrected chi connectivity index (χ3v) is 8.65. The molecule has 2 amide bonds. The fourth-order valence-electron chi connectivity index (χ4n) is 6.64. The van der Waals surface area contributed by atoms with Crippen molar-refractivity contribution in [2.45, 2.75) is 56.2 Å². The minimum absolute atomic E-state index is 0.0453. The largest absolute Gasteiger partial charge is 0.405 e. The number of allylic oxidation sites excluding steroid dienone is 4. The number of carbonyl (C=O) groups is 2. The average Bonchev–Trinajstić information content (AvgIpc) is 3.25. The summed E-state index contributed by atoms with van der Waals surface area (Å²) < 4.78 is 52.4. The first-order valence-electron chi connectivity index (χ1n) is 14.3. The third-order valence-electron chi connectivity index (χ3n) is 8.65. The number of nitrogens with zero attached hydrogens (tertiary/aromatic N) is 1. The van der Waals surface area contributed by atoms with Crippen LogP contribution >= 0.6 is 0 Å². The van der Waals surface area contributed by atoms with Crippen LogP contribution in [0.5, 0.6) is 0 Å². The van der Waals surface area contributed by atoms with Crippen molar-refractivity contribution >= 4 is 17.4 Å². The van der Waals surface area contributed by atoms with E-state index in [4.69, 9.17) is 0 Å². The SMILES string of the molecule is O=C(NC1CCN(CCCCC2(C(=O)NCC(F)(F)F)c3ccccc3C3=CC=CCC32)CC1)c1ccc(F)cc1. The van der Waals surface area contributed by atoms with Gasteiger partial charge in [0.05, 0.1) is 5.41 Å². The van der Waals surface area contributed by atoms with Crippen LogP contribution in [-0.4, -0.2) is 55.1 Å². The standard InChI is InChI=1S/C32H35F4N3O2/c33-23-13-11-22(12-14-23)29(40)38-24-15-19-39(20-16-24)18-6-5-17-31(30(41)37-21-32(34,35)36)27-9-3-1-7-25(27)26-8-2-4-10-28(26)31/h1-4,7-9,11-14,24,28H,5-6,10,15-21H2,(H,37,41)(H,38,40). The van der Waals surface area contributed by atoms with E-state index < -0.39 is 24.0 Å². The van der Waals surface area contributed by atoms with Crippen LogP contribution in [0.4, 0.5) is 17.6 Å². The molecule has 2 aliphatic carbocycles. The van der Waals surface area contributed by atoms with E-state index in [0.717, 1.165) is 55.6 Å². The number of benzene rings is 2. The van der Waals surface area contributed by atoms with Crippen LogP contribution in [-0.2, 0) is 10.2 Å². The predicted octanol–water partition coefficient (Wildman–Crippen LogP) is 5.78. The number of unbranched alkanes of at least 4 members (excludes halogenated alkanes) is 1. The summed E-state index contributed by atoms with van der Waals surface area (Å²) in [6, 6.07) is 13.2. The number of amides is 2. The van der Waals surface area contributed by atoms with E-state index in [2.05, 4.69) is 15.5 Å². The van der Waals surface area contributed by atoms with Gasteiger partial charge in [-0.3, -0.25) is 9.59 Å². The Morgan fingerprint density at radius 2 is 1.73 bits per heavy atom. The monoisotopic (exact) mass is 569 g/mol. The summed E-state index contributed by atoms with van der Waals surface area (Å²) in [5.74, 6) is -1.34. The zero-order chi connectivity index (χ0) is 29.0. The van der Waals surface area contributed by atoms with Gasteiger partial charge in [-0.05, 0) is 79.6 Å². The number of alkyl halides is 3. The average molecular weight is 570 g/mol. The molecular weight excluding hydrogens is 534 g/mol. The van der Waals surface area contributed by atoms with Crippen molar-refractivity contribution < 1.29 is 27.2 Å². The normalized spacial score (nSPS) is 22.5. The lowest BCUT2D eigenvalue weighted by Crippen LogP contribution is -2.50. The van der Waals surface area contributed by atoms with Gasteiger partial charge in [0.2, 0.25) is 5.91 Å². The van der Waals surface area contributed by atoms with E-state index in [1.807, 2.05) is 42.5 Å². The minimum Gasteiger partial charge on any atom is -0.349 e. The molecule has 1 fully saturated rings. The Morgan fingerprint density at radius 3 is 2.46 bits per heavy atom. The second-order valence-corrected chi connectivity index (χ2v) is 11.2. The van der Waals surface area contributed by atoms with E-state index in [1.165, 1.54) is 24.3 Å². The molecule has 0 aromatic heterocycles. The molecule has 5 rings (SSSR count). The lowest BCUT2D eigenvalue weighted by Gasteiger charge is -2.37. The summed E-state index contributed by atoms with van der Waals surface area (Å²) in [6.07, 6.45) is 5.63. The molecule has 2 aromatic carbocycles. The smallest absolute Gasteiger partial charge is 0.349 e. The Labute approximate surface area is 237 Å². The van der Waals surface area contributed by atoms with Gasteiger partial charge >= 0.3 is 6.18 Å². The molecule has 0 radical (unpaired) electrons. The Bertz CT molecular complexity index is 1310. The maximum Gasteiger partial charge on any atom is 0.405 e. The van der Waals surface area contributed by atoms with Crippen molar-refractivity contribution in [2.24, 2.45) is 5.92 Å². The van der Waals surface area contributed by atoms with Crippen LogP contribution in [0.3, 0.4) is 0 Å². The van der Waals surface area contributed by atoms with Gasteiger partial charge in [0.15, 0.2) is 0 Å². The molecule has 0 saturated carbocycles. The highest BCUT2D eigenvalue weighted by Gasteiger charge is 2.54. The molecule has 1 heterocycles. The van der Waals surface area contributed by atoms with E-state index in [-0.39, 0.29) is 23.7 Å². The molecule has 2 N–H and O–H groups in total. The third kappa shape index (κ3) is 6.40. The number of nitrogens with one attached hydrogen (secondary N) is 2. The molecule has 3 aliphatic rings. The molecule has 1 saturated heterocycles. The molecule has 2 aromatic rings. The molecule has 1 aliphatic heterocycles. The quantitative estimate of drug-likeness (QED) is 0.297. The number of hydrogen-bond acceptors (Lipinski definition) is 3. The fourth-order valence-corrected chi connectivity index (χ4v) is 6.64. The van der Waals surface area contributed by atoms with E-state index in [0.29, 0.717) is 24.8 Å². The highest BCUT2D eigenvalue weighted by atomic mass is 19.4. The molecule has 9 heteroatoms. The van der Waals surface area contributed by atoms with Gasteiger partial charge in [0.25, 0.3) is 5.91 Å². The fraction of sp³-hybridized carbons (Fsp3) is 0.438. The van der Waals surface area contributed by atoms with Gasteiger partial charge in [-0.15, -0.1) is 0 Å². The molecule has 41 heavy (non-hydrogen) atoms. The van der Waals surface area contributed by atoms with Crippen LogP contribution in [0, 0.1) is 11.7 Å². The summed E-state index contributed by atoms with van der Waals surface area (Å²) in [6.45, 7) is 1.10. The summed E-state index contributed by atoms with van der Waals surface area (Å²) in [7, 11) is 0. The lowest BCUT2D eigenvalue weighted by atomic mass is 9.67. The van der Waals surface area contributed by atoms with Crippen molar-refractivity contribution in [3.8, 4) is 0 Å². The Morgan fingerprint density at radius 1 is 1.00 bits per heavy atom. The minimum atomic E-state index is -4.48. The first kappa shape index (κ1) is 29.0. The van der Waals surface area contributed by atoms with Gasteiger partial charge in [-0.2, -0.15) is 13.2 Å². The molecule has 0 bridgehead atoms. The van der Waals surface area contributed by atoms with Crippen LogP contribution < -0.4 is 10.6 Å². The van der Waals surface area contributed by atoms with E-state index >= 15 is 0 Å². The van der Waals surface area contributed by atoms with Gasteiger partial charge in [-0.25, -0.2) is 4.39 Å². The lowest BCUT2D eigenvalue weighted by molar-refractivity contribution is -0.143. The van der Waals surface area contributed by atoms with Crippen LogP contribution in [0.2, 0.25) is 0 Å². The topological polar surface area (TPSA) is 61.4 Å². The van der Waals surface area contributed by atoms with Crippen molar-refractivity contribution in [3.05, 3.63) is 89.3 Å². The summed E-state index contributed by atoms with van der Waals surface area (Å²) in [5, 5.41) is 5.26. The van der Waals surface area contributed by atoms with Crippen LogP contribution in [0.25, 0.3) is 5.57 Å². The van der Waals surface area contributed by atoms with Gasteiger partial charge in [-0.1, -0.05) is 48.9 Å². The Kier molecular flexibility index (Phi) is 8.63. The summed E-state index contributed by atoms with van der Waals surface area (Å²) >= 11 is 0. The highest BCUT2D eigenvalue weighted by Crippen LogP contribution is 2.55. The zero-order valence-electron chi connectivity index (χ0n) is 22.9. The van der Waals surface area contributed by atoms with Crippen LogP contribution in [0.1, 0.15) is 60.0 Å². The van der Waals surface area contributed by atoms with Crippen LogP contribution in [0.15, 0.2) is 66.8 Å². The van der Waals surface area contributed by atoms with Crippen molar-refractivity contribution in [3.63, 3.8) is 0 Å². The molecule has 5 nitrogen and oxygen atoms in total. The van der Waals surface area contributed by atoms with E-state index in [9.17, 15) is 27.2 Å². The summed E-state index contributed by atoms with van der Waals surface area (Å²) in [4.78, 5) is 28.4. The molecule has 218 valence electrons. The predicted molar refractivity (Wildman–Crippen MR) is 150 cm³/mol. The maximum atomic E-state index is 13.6. The van der Waals surface area contributed by atoms with Gasteiger partial charge in [0.1, 0.15) is 12.4 Å². The second kappa shape index (κ2) is 12.2. The molecule has 2 atom stereocenters. The first-order valence-corrected chi connectivity index (χ1v) is 14.3. The highest BCUT2D eigenvalue weighted by molar-refractivity contribution is 5.97. The van der Waals surface area contributed by atoms with Gasteiger partial charge < -0.3 is 15.5 Å². The number of likely N-dealkylation sites (tertiary alicyclic amines) is 1. The van der Waals surface area contributed by atoms with Gasteiger partial charge in [0, 0.05) is 30.6 Å². The number of carbonyl (C=O) groups excluding carboxylic acids is 2. The molecular formula is C32H35F4N3O2. The number of hydrogen-bond donors (Lipinski definition) is 2. The van der Waals surface area contributed by atoms with Crippen molar-refractivity contribution in [1.82, 2.24) is 15.5 Å². The van der Waals surface area contributed by atoms with E-state index in [1.54, 1.807) is 0 Å². The molecule has 0 spiro atoms. The zero-order valence-corrected chi connectivity index (χ0v) is 22.9. The number of rotatable bonds is 9. The number of halogens is 4. The summed E-state index contributed by atoms with van der Waals surface area (Å²) in [5.41, 5.74) is 2.18. The Hall–Kier alpha value is -3.46. The van der Waals surface area contributed by atoms with Crippen molar-refractivity contribution in [1.29, 1.82) is 0 Å². The number of piperidine rings is 1.